The number of anilines is 2. The van der Waals surface area contributed by atoms with Crippen LogP contribution in [0.5, 0.6) is 0 Å². The van der Waals surface area contributed by atoms with E-state index in [4.69, 9.17) is 39.1 Å². The normalized spacial score (nSPS) is 21.7. The van der Waals surface area contributed by atoms with E-state index in [1.165, 1.54) is 0 Å². The van der Waals surface area contributed by atoms with Crippen LogP contribution in [0.25, 0.3) is 56.6 Å². The molecule has 0 amide bonds. The van der Waals surface area contributed by atoms with Crippen LogP contribution in [-0.4, -0.2) is 133 Å². The molecule has 0 saturated carbocycles. The van der Waals surface area contributed by atoms with Crippen LogP contribution in [0.15, 0.2) is 73.6 Å². The molecule has 4 aliphatic rings. The second kappa shape index (κ2) is 18.1. The molecular weight excluding hydrogens is 841 g/mol. The zero-order valence-corrected chi connectivity index (χ0v) is 37.9. The van der Waals surface area contributed by atoms with E-state index >= 15 is 0 Å². The molecule has 0 aromatic carbocycles. The Bertz CT molecular complexity index is 2730. The van der Waals surface area contributed by atoms with Crippen molar-refractivity contribution >= 4 is 22.9 Å². The summed E-state index contributed by atoms with van der Waals surface area (Å²) < 4.78 is 34.9. The molecule has 8 aromatic heterocycles. The quantitative estimate of drug-likeness (QED) is 0.178. The predicted octanol–water partition coefficient (Wildman–Crippen LogP) is 5.84. The topological polar surface area (TPSA) is 175 Å². The number of hydrogen-bond acceptors (Lipinski definition) is 14. The van der Waals surface area contributed by atoms with Crippen LogP contribution >= 0.6 is 0 Å². The van der Waals surface area contributed by atoms with Gasteiger partial charge >= 0.3 is 0 Å². The second-order valence-corrected chi connectivity index (χ2v) is 17.5. The van der Waals surface area contributed by atoms with E-state index in [0.717, 1.165) is 133 Å². The number of fused-ring (bicyclic) bond motifs is 2. The Morgan fingerprint density at radius 2 is 0.939 bits per heavy atom. The number of aryl methyl sites for hydroxylation is 2. The first-order chi connectivity index (χ1) is 32.4. The number of nitrogens with zero attached hydrogens (tertiary/aromatic N) is 16. The average Bonchev–Trinajstić information content (AvgIpc) is 4.22. The van der Waals surface area contributed by atoms with Gasteiger partial charge in [-0.1, -0.05) is 0 Å². The van der Waals surface area contributed by atoms with Crippen molar-refractivity contribution in [3.8, 4) is 45.3 Å². The molecule has 20 nitrogen and oxygen atoms in total. The van der Waals surface area contributed by atoms with Crippen molar-refractivity contribution in [3.63, 3.8) is 0 Å². The third kappa shape index (κ3) is 7.80. The lowest BCUT2D eigenvalue weighted by Crippen LogP contribution is -2.44. The first-order valence-corrected chi connectivity index (χ1v) is 23.2. The molecule has 344 valence electrons. The smallest absolute Gasteiger partial charge is 0.167 e. The number of morpholine rings is 2. The van der Waals surface area contributed by atoms with E-state index in [0.29, 0.717) is 26.4 Å². The van der Waals surface area contributed by atoms with Crippen LogP contribution in [0, 0.1) is 0 Å². The van der Waals surface area contributed by atoms with E-state index in [-0.39, 0.29) is 24.5 Å². The summed E-state index contributed by atoms with van der Waals surface area (Å²) in [5.41, 5.74) is 9.23. The highest BCUT2D eigenvalue weighted by Crippen LogP contribution is 2.36. The second-order valence-electron chi connectivity index (χ2n) is 17.5. The fraction of sp³-hybridized carbons (Fsp3) is 0.478. The Labute approximate surface area is 381 Å². The van der Waals surface area contributed by atoms with Crippen LogP contribution in [0.1, 0.15) is 64.8 Å². The van der Waals surface area contributed by atoms with Crippen molar-refractivity contribution in [2.24, 2.45) is 14.1 Å². The summed E-state index contributed by atoms with van der Waals surface area (Å²) in [6.07, 6.45) is 17.3. The summed E-state index contributed by atoms with van der Waals surface area (Å²) in [6, 6.07) is 12.7. The highest BCUT2D eigenvalue weighted by Gasteiger charge is 2.29. The van der Waals surface area contributed by atoms with Crippen molar-refractivity contribution in [2.45, 2.75) is 76.9 Å². The average molecular weight is 897 g/mol. The lowest BCUT2D eigenvalue weighted by atomic mass is 10.1. The molecule has 4 aliphatic heterocycles. The van der Waals surface area contributed by atoms with E-state index in [1.807, 2.05) is 90.9 Å². The third-order valence-corrected chi connectivity index (χ3v) is 13.2. The van der Waals surface area contributed by atoms with Gasteiger partial charge < -0.3 is 28.7 Å². The minimum absolute atomic E-state index is 0.0577. The van der Waals surface area contributed by atoms with Crippen LogP contribution in [0.4, 0.5) is 11.6 Å². The third-order valence-electron chi connectivity index (χ3n) is 13.2. The maximum Gasteiger partial charge on any atom is 0.167 e. The van der Waals surface area contributed by atoms with E-state index in [1.54, 1.807) is 12.4 Å². The maximum absolute atomic E-state index is 6.02. The van der Waals surface area contributed by atoms with Gasteiger partial charge in [-0.05, 0) is 76.6 Å². The summed E-state index contributed by atoms with van der Waals surface area (Å²) in [6.45, 7) is 10.2. The Morgan fingerprint density at radius 1 is 0.500 bits per heavy atom. The van der Waals surface area contributed by atoms with Crippen LogP contribution in [0.3, 0.4) is 0 Å². The number of rotatable bonds is 8. The van der Waals surface area contributed by atoms with Gasteiger partial charge in [0.1, 0.15) is 11.6 Å². The minimum Gasteiger partial charge on any atom is -0.377 e. The molecule has 0 bridgehead atoms. The highest BCUT2D eigenvalue weighted by atomic mass is 16.5. The number of hydrogen-bond donors (Lipinski definition) is 0. The molecule has 0 radical (unpaired) electrons. The van der Waals surface area contributed by atoms with E-state index in [2.05, 4.69) is 56.2 Å². The lowest BCUT2D eigenvalue weighted by molar-refractivity contribution is -0.0384. The first-order valence-electron chi connectivity index (χ1n) is 23.2. The Kier molecular flexibility index (Phi) is 11.5. The van der Waals surface area contributed by atoms with E-state index < -0.39 is 0 Å². The molecule has 0 unspecified atom stereocenters. The van der Waals surface area contributed by atoms with Gasteiger partial charge in [-0.25, -0.2) is 28.4 Å². The molecule has 0 spiro atoms. The Balaban J connectivity index is 0.000000146. The van der Waals surface area contributed by atoms with Gasteiger partial charge in [-0.15, -0.1) is 0 Å². The molecule has 0 N–H and O–H groups in total. The van der Waals surface area contributed by atoms with Gasteiger partial charge in [-0.2, -0.15) is 30.6 Å². The molecule has 4 fully saturated rings. The standard InChI is InChI=1S/2C23H28N8O2/c2*1-16-15-32-12-10-29(16)21-13-20(19-7-8-24-28(19)2)31-23(27-21)17(14-26-31)18-6-9-25-30(18)22-5-3-4-11-33-22/h2*6-9,13-14,16,22H,3-5,10-12,15H2,1-2H3/t2*16-,22-/m11/s1. The summed E-state index contributed by atoms with van der Waals surface area (Å²) in [5.74, 6) is 1.83. The number of aromatic nitrogens is 14. The van der Waals surface area contributed by atoms with Crippen LogP contribution in [0.2, 0.25) is 0 Å². The zero-order chi connectivity index (χ0) is 44.7. The fourth-order valence-electron chi connectivity index (χ4n) is 9.65. The zero-order valence-electron chi connectivity index (χ0n) is 37.9. The molecular formula is C46H56N16O4. The van der Waals surface area contributed by atoms with Gasteiger partial charge in [0, 0.05) is 77.3 Å². The molecule has 8 aromatic rings. The molecule has 12 rings (SSSR count). The van der Waals surface area contributed by atoms with Crippen molar-refractivity contribution in [3.05, 3.63) is 73.6 Å². The Hall–Kier alpha value is -6.48. The summed E-state index contributed by atoms with van der Waals surface area (Å²) in [4.78, 5) is 14.8. The van der Waals surface area contributed by atoms with Crippen molar-refractivity contribution < 1.29 is 18.9 Å². The lowest BCUT2D eigenvalue weighted by Gasteiger charge is -2.34. The fourth-order valence-corrected chi connectivity index (χ4v) is 9.65. The summed E-state index contributed by atoms with van der Waals surface area (Å²) >= 11 is 0. The molecule has 66 heavy (non-hydrogen) atoms. The summed E-state index contributed by atoms with van der Waals surface area (Å²) in [7, 11) is 3.89. The molecule has 4 saturated heterocycles. The van der Waals surface area contributed by atoms with Crippen molar-refractivity contribution in [2.75, 3.05) is 62.5 Å². The highest BCUT2D eigenvalue weighted by molar-refractivity contribution is 5.80. The Morgan fingerprint density at radius 3 is 1.33 bits per heavy atom. The van der Waals surface area contributed by atoms with Gasteiger partial charge in [0.15, 0.2) is 23.8 Å². The molecule has 0 aliphatic carbocycles. The first kappa shape index (κ1) is 42.2. The van der Waals surface area contributed by atoms with Crippen molar-refractivity contribution in [1.29, 1.82) is 0 Å². The van der Waals surface area contributed by atoms with E-state index in [9.17, 15) is 0 Å². The van der Waals surface area contributed by atoms with Gasteiger partial charge in [0.05, 0.1) is 96.2 Å². The van der Waals surface area contributed by atoms with Gasteiger partial charge in [0.2, 0.25) is 0 Å². The van der Waals surface area contributed by atoms with Gasteiger partial charge in [0.25, 0.3) is 0 Å². The maximum atomic E-state index is 6.02. The molecule has 12 heterocycles. The summed E-state index contributed by atoms with van der Waals surface area (Å²) in [5, 5.41) is 27.5. The van der Waals surface area contributed by atoms with Crippen molar-refractivity contribution in [1.82, 2.24) is 68.3 Å². The van der Waals surface area contributed by atoms with Crippen LogP contribution < -0.4 is 9.80 Å². The van der Waals surface area contributed by atoms with Gasteiger partial charge in [-0.3, -0.25) is 9.36 Å². The molecule has 20 heteroatoms. The minimum atomic E-state index is -0.0577. The SMILES string of the molecule is C[C@@H]1COCCN1c1cc(-c2ccnn2C)n2ncc(-c3ccnn3[C@H]3CCCCO3)c2n1.C[C@@H]1COCCN1c1cc(-c2ccnn2C)n2ncc(-c3ccnn3[C@H]3CCCCO3)c2n1. The van der Waals surface area contributed by atoms with Crippen LogP contribution in [-0.2, 0) is 33.0 Å². The number of ether oxygens (including phenoxy) is 4. The monoisotopic (exact) mass is 896 g/mol. The largest absolute Gasteiger partial charge is 0.377 e. The molecule has 4 atom stereocenters. The predicted molar refractivity (Wildman–Crippen MR) is 246 cm³/mol.